The van der Waals surface area contributed by atoms with Crippen LogP contribution in [0.25, 0.3) is 5.82 Å². The monoisotopic (exact) mass is 324 g/mol. The minimum Gasteiger partial charge on any atom is -0.354 e. The van der Waals surface area contributed by atoms with Crippen molar-refractivity contribution in [1.82, 2.24) is 30.0 Å². The third-order valence-electron chi connectivity index (χ3n) is 5.70. The maximum Gasteiger partial charge on any atom is 0.197 e. The van der Waals surface area contributed by atoms with Crippen molar-refractivity contribution < 1.29 is 0 Å². The average Bonchev–Trinajstić information content (AvgIpc) is 3.27. The highest BCUT2D eigenvalue weighted by atomic mass is 15.3. The minimum absolute atomic E-state index is 0.102. The number of hydrogen-bond donors (Lipinski definition) is 2. The van der Waals surface area contributed by atoms with Crippen molar-refractivity contribution in [3.63, 3.8) is 0 Å². The molecule has 1 spiro atoms. The predicted octanol–water partition coefficient (Wildman–Crippen LogP) is 1.38. The van der Waals surface area contributed by atoms with Crippen LogP contribution in [-0.4, -0.2) is 42.8 Å². The average molecular weight is 324 g/mol. The van der Waals surface area contributed by atoms with Crippen LogP contribution in [0.1, 0.15) is 32.1 Å². The van der Waals surface area contributed by atoms with Gasteiger partial charge in [-0.25, -0.2) is 24.6 Å². The second-order valence-electron chi connectivity index (χ2n) is 7.07. The van der Waals surface area contributed by atoms with Crippen LogP contribution in [0.5, 0.6) is 0 Å². The molecule has 0 aromatic carbocycles. The van der Waals surface area contributed by atoms with Gasteiger partial charge in [-0.05, 0) is 31.1 Å². The first-order chi connectivity index (χ1) is 11.8. The number of hydrogen-bond acceptors (Lipinski definition) is 7. The smallest absolute Gasteiger partial charge is 0.197 e. The number of rotatable bonds is 2. The molecule has 0 unspecified atom stereocenters. The van der Waals surface area contributed by atoms with Crippen LogP contribution < -0.4 is 10.6 Å². The number of guanidine groups is 1. The Morgan fingerprint density at radius 3 is 2.83 bits per heavy atom. The van der Waals surface area contributed by atoms with Gasteiger partial charge in [-0.1, -0.05) is 12.8 Å². The molecule has 1 aliphatic heterocycles. The summed E-state index contributed by atoms with van der Waals surface area (Å²) in [7, 11) is 0. The number of nitrogens with zero attached hydrogens (tertiary/aromatic N) is 6. The van der Waals surface area contributed by atoms with Crippen molar-refractivity contribution >= 4 is 11.8 Å². The third-order valence-corrected chi connectivity index (χ3v) is 5.70. The van der Waals surface area contributed by atoms with Crippen molar-refractivity contribution in [3.05, 3.63) is 25.0 Å². The van der Waals surface area contributed by atoms with E-state index in [1.807, 2.05) is 6.07 Å². The van der Waals surface area contributed by atoms with Crippen molar-refractivity contribution in [3.8, 4) is 5.82 Å². The maximum atomic E-state index is 5.05. The first kappa shape index (κ1) is 13.9. The highest BCUT2D eigenvalue weighted by molar-refractivity contribution is 5.94. The molecule has 1 atom stereocenters. The summed E-state index contributed by atoms with van der Waals surface area (Å²) in [4.78, 5) is 17.5. The second kappa shape index (κ2) is 5.25. The Bertz CT molecular complexity index is 762. The Kier molecular flexibility index (Phi) is 3.04. The van der Waals surface area contributed by atoms with E-state index in [4.69, 9.17) is 4.99 Å². The van der Waals surface area contributed by atoms with Crippen molar-refractivity contribution in [2.24, 2.45) is 16.8 Å². The van der Waals surface area contributed by atoms with Gasteiger partial charge in [0.1, 0.15) is 24.8 Å². The molecule has 3 saturated carbocycles. The van der Waals surface area contributed by atoms with E-state index < -0.39 is 0 Å². The zero-order valence-electron chi connectivity index (χ0n) is 13.4. The summed E-state index contributed by atoms with van der Waals surface area (Å²) in [5, 5.41) is 10.8. The van der Waals surface area contributed by atoms with Gasteiger partial charge in [0.25, 0.3) is 0 Å². The molecule has 0 amide bonds. The highest BCUT2D eigenvalue weighted by Crippen LogP contribution is 2.50. The Hall–Kier alpha value is -2.51. The molecule has 2 N–H and O–H groups in total. The van der Waals surface area contributed by atoms with E-state index >= 15 is 0 Å². The lowest BCUT2D eigenvalue weighted by molar-refractivity contribution is 0.0808. The lowest BCUT2D eigenvalue weighted by atomic mass is 9.61. The molecule has 8 nitrogen and oxygen atoms in total. The molecule has 0 saturated heterocycles. The van der Waals surface area contributed by atoms with E-state index in [0.29, 0.717) is 11.6 Å². The van der Waals surface area contributed by atoms with Gasteiger partial charge in [0.2, 0.25) is 0 Å². The van der Waals surface area contributed by atoms with Crippen LogP contribution in [0.3, 0.4) is 0 Å². The van der Waals surface area contributed by atoms with Gasteiger partial charge in [0.05, 0.1) is 5.54 Å². The molecular formula is C16H20N8. The number of nitrogens with one attached hydrogen (secondary N) is 2. The quantitative estimate of drug-likeness (QED) is 0.867. The van der Waals surface area contributed by atoms with Gasteiger partial charge in [-0.2, -0.15) is 5.10 Å². The lowest BCUT2D eigenvalue weighted by Gasteiger charge is -2.47. The standard InChI is InChI=1S/C16H20N8/c1-3-12-4-2-11(1)6-16(12)7-18-15(23-16)22-13-5-14(20-9-19-13)24-10-17-8-21-24/h5,8-12H,1-4,6-7H2,(H2,18,19,20,22,23)/t11?,12?,16-/m0/s1. The fourth-order valence-corrected chi connectivity index (χ4v) is 4.52. The molecule has 6 rings (SSSR count). The topological polar surface area (TPSA) is 92.9 Å². The van der Waals surface area contributed by atoms with Gasteiger partial charge in [-0.15, -0.1) is 0 Å². The first-order valence-electron chi connectivity index (χ1n) is 8.59. The molecule has 3 fully saturated rings. The Morgan fingerprint density at radius 1 is 1.17 bits per heavy atom. The Labute approximate surface area is 139 Å². The van der Waals surface area contributed by atoms with Gasteiger partial charge < -0.3 is 10.6 Å². The van der Waals surface area contributed by atoms with Crippen LogP contribution in [0.2, 0.25) is 0 Å². The van der Waals surface area contributed by atoms with Crippen LogP contribution >= 0.6 is 0 Å². The molecule has 0 radical (unpaired) electrons. The zero-order valence-corrected chi connectivity index (χ0v) is 13.4. The van der Waals surface area contributed by atoms with Gasteiger partial charge in [0, 0.05) is 12.6 Å². The molecule has 3 aliphatic carbocycles. The predicted molar refractivity (Wildman–Crippen MR) is 88.8 cm³/mol. The van der Waals surface area contributed by atoms with E-state index in [1.165, 1.54) is 44.8 Å². The van der Waals surface area contributed by atoms with Crippen LogP contribution in [-0.2, 0) is 0 Å². The molecule has 2 aromatic heterocycles. The van der Waals surface area contributed by atoms with E-state index in [9.17, 15) is 0 Å². The SMILES string of the molecule is c1nc(NC2=N[C@]3(CN2)CC2CCC3CC2)cc(-n2cncn2)n1. The maximum absolute atomic E-state index is 5.05. The van der Waals surface area contributed by atoms with Crippen LogP contribution in [0.4, 0.5) is 5.82 Å². The van der Waals surface area contributed by atoms with Crippen molar-refractivity contribution in [2.75, 3.05) is 11.9 Å². The van der Waals surface area contributed by atoms with E-state index in [2.05, 4.69) is 30.7 Å². The first-order valence-corrected chi connectivity index (χ1v) is 8.59. The largest absolute Gasteiger partial charge is 0.354 e. The summed E-state index contributed by atoms with van der Waals surface area (Å²) in [6, 6.07) is 1.84. The minimum atomic E-state index is 0.102. The summed E-state index contributed by atoms with van der Waals surface area (Å²) >= 11 is 0. The van der Waals surface area contributed by atoms with Crippen molar-refractivity contribution in [1.29, 1.82) is 0 Å². The molecule has 24 heavy (non-hydrogen) atoms. The molecule has 124 valence electrons. The summed E-state index contributed by atoms with van der Waals surface area (Å²) in [5.41, 5.74) is 0.102. The van der Waals surface area contributed by atoms with E-state index in [0.717, 1.165) is 24.3 Å². The molecular weight excluding hydrogens is 304 g/mol. The van der Waals surface area contributed by atoms with Gasteiger partial charge in [-0.3, -0.25) is 0 Å². The number of aliphatic imine (C=N–C) groups is 1. The number of anilines is 1. The Morgan fingerprint density at radius 2 is 2.08 bits per heavy atom. The summed E-state index contributed by atoms with van der Waals surface area (Å²) < 4.78 is 1.61. The highest BCUT2D eigenvalue weighted by Gasteiger charge is 2.49. The molecule has 2 aromatic rings. The Balaban J connectivity index is 1.37. The van der Waals surface area contributed by atoms with Crippen LogP contribution in [0.15, 0.2) is 30.0 Å². The third kappa shape index (κ3) is 2.24. The van der Waals surface area contributed by atoms with Crippen molar-refractivity contribution in [2.45, 2.75) is 37.6 Å². The second-order valence-corrected chi connectivity index (χ2v) is 7.07. The fourth-order valence-electron chi connectivity index (χ4n) is 4.52. The number of fused-ring (bicyclic) bond motifs is 2. The molecule has 2 bridgehead atoms. The summed E-state index contributed by atoms with van der Waals surface area (Å²) in [5.74, 6) is 3.80. The summed E-state index contributed by atoms with van der Waals surface area (Å²) in [6.07, 6.45) is 11.3. The number of aromatic nitrogens is 5. The normalized spacial score (nSPS) is 31.1. The lowest BCUT2D eigenvalue weighted by Crippen LogP contribution is -2.48. The van der Waals surface area contributed by atoms with Crippen LogP contribution in [0, 0.1) is 11.8 Å². The molecule has 3 heterocycles. The van der Waals surface area contributed by atoms with Gasteiger partial charge >= 0.3 is 0 Å². The van der Waals surface area contributed by atoms with Gasteiger partial charge in [0.15, 0.2) is 11.8 Å². The fraction of sp³-hybridized carbons (Fsp3) is 0.562. The van der Waals surface area contributed by atoms with E-state index in [-0.39, 0.29) is 5.54 Å². The molecule has 4 aliphatic rings. The van der Waals surface area contributed by atoms with E-state index in [1.54, 1.807) is 11.0 Å². The summed E-state index contributed by atoms with van der Waals surface area (Å²) in [6.45, 7) is 0.942. The zero-order chi connectivity index (χ0) is 16.0. The molecule has 8 heteroatoms.